The Morgan fingerprint density at radius 3 is 3.00 bits per heavy atom. The van der Waals surface area contributed by atoms with Gasteiger partial charge >= 0.3 is 0 Å². The lowest BCUT2D eigenvalue weighted by Gasteiger charge is -2.40. The van der Waals surface area contributed by atoms with E-state index in [1.165, 1.54) is 38.8 Å². The predicted molar refractivity (Wildman–Crippen MR) is 58.3 cm³/mol. The molecule has 1 atom stereocenters. The molecule has 1 aromatic rings. The van der Waals surface area contributed by atoms with Gasteiger partial charge in [0.25, 0.3) is 0 Å². The molecule has 0 aromatic heterocycles. The maximum atomic E-state index is 2.67. The summed E-state index contributed by atoms with van der Waals surface area (Å²) >= 11 is 0. The Morgan fingerprint density at radius 2 is 2.00 bits per heavy atom. The standard InChI is InChI=1S/C13H17N/c1-2-6-12-11(5-1)8-10-14-9-4-3-7-13(12)14/h1-2,5-6,13H,3-4,7-10H2/t13-/m0/s1. The van der Waals surface area contributed by atoms with Gasteiger partial charge in [-0.25, -0.2) is 0 Å². The van der Waals surface area contributed by atoms with Gasteiger partial charge in [0.2, 0.25) is 0 Å². The molecule has 2 aliphatic rings. The van der Waals surface area contributed by atoms with Crippen molar-refractivity contribution in [3.63, 3.8) is 0 Å². The molecule has 74 valence electrons. The van der Waals surface area contributed by atoms with Gasteiger partial charge in [0.15, 0.2) is 0 Å². The second kappa shape index (κ2) is 3.39. The van der Waals surface area contributed by atoms with E-state index < -0.39 is 0 Å². The van der Waals surface area contributed by atoms with Crippen molar-refractivity contribution >= 4 is 0 Å². The smallest absolute Gasteiger partial charge is 0.0350 e. The zero-order chi connectivity index (χ0) is 9.38. The molecule has 1 nitrogen and oxygen atoms in total. The van der Waals surface area contributed by atoms with Gasteiger partial charge in [0, 0.05) is 12.6 Å². The molecule has 0 amide bonds. The zero-order valence-corrected chi connectivity index (χ0v) is 8.58. The molecular formula is C13H17N. The molecule has 1 heteroatoms. The topological polar surface area (TPSA) is 3.24 Å². The first-order chi connectivity index (χ1) is 6.95. The number of piperidine rings is 1. The van der Waals surface area contributed by atoms with Crippen molar-refractivity contribution in [3.05, 3.63) is 35.4 Å². The average molecular weight is 187 g/mol. The van der Waals surface area contributed by atoms with Gasteiger partial charge in [-0.05, 0) is 36.9 Å². The highest BCUT2D eigenvalue weighted by Gasteiger charge is 2.28. The monoisotopic (exact) mass is 187 g/mol. The normalized spacial score (nSPS) is 26.7. The third kappa shape index (κ3) is 1.27. The number of fused-ring (bicyclic) bond motifs is 3. The third-order valence-electron chi connectivity index (χ3n) is 3.70. The van der Waals surface area contributed by atoms with E-state index in [-0.39, 0.29) is 0 Å². The highest BCUT2D eigenvalue weighted by Crippen LogP contribution is 2.35. The first-order valence-corrected chi connectivity index (χ1v) is 5.77. The molecule has 0 aliphatic carbocycles. The molecule has 0 spiro atoms. The van der Waals surface area contributed by atoms with Crippen molar-refractivity contribution in [1.82, 2.24) is 4.90 Å². The maximum absolute atomic E-state index is 2.67. The highest BCUT2D eigenvalue weighted by atomic mass is 15.2. The molecule has 3 rings (SSSR count). The van der Waals surface area contributed by atoms with Gasteiger partial charge in [0.1, 0.15) is 0 Å². The van der Waals surface area contributed by atoms with E-state index in [1.807, 2.05) is 0 Å². The fourth-order valence-electron chi connectivity index (χ4n) is 2.96. The van der Waals surface area contributed by atoms with Crippen LogP contribution in [0.5, 0.6) is 0 Å². The van der Waals surface area contributed by atoms with Crippen molar-refractivity contribution in [2.24, 2.45) is 0 Å². The number of hydrogen-bond acceptors (Lipinski definition) is 1. The van der Waals surface area contributed by atoms with E-state index in [2.05, 4.69) is 29.2 Å². The molecule has 1 fully saturated rings. The summed E-state index contributed by atoms with van der Waals surface area (Å²) in [6.07, 6.45) is 5.44. The summed E-state index contributed by atoms with van der Waals surface area (Å²) in [5.41, 5.74) is 3.20. The Balaban J connectivity index is 1.99. The molecule has 2 aliphatic heterocycles. The summed E-state index contributed by atoms with van der Waals surface area (Å²) in [7, 11) is 0. The summed E-state index contributed by atoms with van der Waals surface area (Å²) in [6, 6.07) is 9.75. The van der Waals surface area contributed by atoms with Gasteiger partial charge in [-0.2, -0.15) is 0 Å². The summed E-state index contributed by atoms with van der Waals surface area (Å²) in [6.45, 7) is 2.60. The molecule has 0 N–H and O–H groups in total. The van der Waals surface area contributed by atoms with Crippen LogP contribution in [0.3, 0.4) is 0 Å². The van der Waals surface area contributed by atoms with Crippen LogP contribution in [0.2, 0.25) is 0 Å². The minimum Gasteiger partial charge on any atom is -0.296 e. The first-order valence-electron chi connectivity index (χ1n) is 5.77. The Morgan fingerprint density at radius 1 is 1.07 bits per heavy atom. The molecule has 0 bridgehead atoms. The van der Waals surface area contributed by atoms with Crippen molar-refractivity contribution in [1.29, 1.82) is 0 Å². The Kier molecular flexibility index (Phi) is 2.06. The van der Waals surface area contributed by atoms with E-state index >= 15 is 0 Å². The maximum Gasteiger partial charge on any atom is 0.0350 e. The van der Waals surface area contributed by atoms with Crippen LogP contribution in [0.25, 0.3) is 0 Å². The van der Waals surface area contributed by atoms with E-state index in [0.717, 1.165) is 6.04 Å². The van der Waals surface area contributed by atoms with Gasteiger partial charge in [-0.1, -0.05) is 30.7 Å². The summed E-state index contributed by atoms with van der Waals surface area (Å²) < 4.78 is 0. The van der Waals surface area contributed by atoms with Crippen molar-refractivity contribution in [2.75, 3.05) is 13.1 Å². The van der Waals surface area contributed by atoms with Crippen LogP contribution in [-0.4, -0.2) is 18.0 Å². The van der Waals surface area contributed by atoms with E-state index in [9.17, 15) is 0 Å². The Hall–Kier alpha value is -0.820. The fourth-order valence-corrected chi connectivity index (χ4v) is 2.96. The number of benzene rings is 1. The van der Waals surface area contributed by atoms with E-state index in [1.54, 1.807) is 11.1 Å². The molecular weight excluding hydrogens is 170 g/mol. The predicted octanol–water partition coefficient (Wildman–Crippen LogP) is 2.77. The molecule has 1 saturated heterocycles. The van der Waals surface area contributed by atoms with Crippen molar-refractivity contribution < 1.29 is 0 Å². The second-order valence-corrected chi connectivity index (χ2v) is 4.50. The average Bonchev–Trinajstić information content (AvgIpc) is 2.29. The van der Waals surface area contributed by atoms with Crippen LogP contribution < -0.4 is 0 Å². The van der Waals surface area contributed by atoms with Crippen LogP contribution in [0.1, 0.15) is 36.4 Å². The quantitative estimate of drug-likeness (QED) is 0.603. The zero-order valence-electron chi connectivity index (χ0n) is 8.58. The van der Waals surface area contributed by atoms with Crippen LogP contribution in [0.4, 0.5) is 0 Å². The van der Waals surface area contributed by atoms with Gasteiger partial charge in [-0.15, -0.1) is 0 Å². The van der Waals surface area contributed by atoms with E-state index in [4.69, 9.17) is 0 Å². The van der Waals surface area contributed by atoms with Gasteiger partial charge < -0.3 is 0 Å². The number of nitrogens with zero attached hydrogens (tertiary/aromatic N) is 1. The second-order valence-electron chi connectivity index (χ2n) is 4.50. The minimum absolute atomic E-state index is 0.744. The summed E-state index contributed by atoms with van der Waals surface area (Å²) in [5.74, 6) is 0. The summed E-state index contributed by atoms with van der Waals surface area (Å²) in [5, 5.41) is 0. The van der Waals surface area contributed by atoms with Crippen LogP contribution in [0, 0.1) is 0 Å². The minimum atomic E-state index is 0.744. The fraction of sp³-hybridized carbons (Fsp3) is 0.538. The summed E-state index contributed by atoms with van der Waals surface area (Å²) in [4.78, 5) is 2.67. The Bertz CT molecular complexity index is 332. The lowest BCUT2D eigenvalue weighted by Crippen LogP contribution is -2.38. The van der Waals surface area contributed by atoms with E-state index in [0.29, 0.717) is 0 Å². The lowest BCUT2D eigenvalue weighted by molar-refractivity contribution is 0.138. The van der Waals surface area contributed by atoms with Crippen LogP contribution >= 0.6 is 0 Å². The van der Waals surface area contributed by atoms with Crippen molar-refractivity contribution in [2.45, 2.75) is 31.7 Å². The number of hydrogen-bond donors (Lipinski definition) is 0. The molecule has 2 heterocycles. The molecule has 14 heavy (non-hydrogen) atoms. The van der Waals surface area contributed by atoms with Gasteiger partial charge in [-0.3, -0.25) is 4.90 Å². The third-order valence-corrected chi connectivity index (χ3v) is 3.70. The molecule has 1 aromatic carbocycles. The molecule has 0 saturated carbocycles. The van der Waals surface area contributed by atoms with Crippen molar-refractivity contribution in [3.8, 4) is 0 Å². The molecule has 0 unspecified atom stereocenters. The molecule has 0 radical (unpaired) electrons. The Labute approximate surface area is 85.7 Å². The van der Waals surface area contributed by atoms with Gasteiger partial charge in [0.05, 0.1) is 0 Å². The number of rotatable bonds is 0. The lowest BCUT2D eigenvalue weighted by atomic mass is 9.87. The SMILES string of the molecule is c1ccc2c(c1)CCN1CCCC[C@@H]21. The first kappa shape index (κ1) is 8.49. The van der Waals surface area contributed by atoms with Crippen LogP contribution in [-0.2, 0) is 6.42 Å². The van der Waals surface area contributed by atoms with Crippen LogP contribution in [0.15, 0.2) is 24.3 Å². The largest absolute Gasteiger partial charge is 0.296 e. The highest BCUT2D eigenvalue weighted by molar-refractivity contribution is 5.32.